The van der Waals surface area contributed by atoms with Gasteiger partial charge in [0.05, 0.1) is 0 Å². The van der Waals surface area contributed by atoms with Crippen molar-refractivity contribution in [3.8, 4) is 0 Å². The topological polar surface area (TPSA) is 30.7 Å². The highest BCUT2D eigenvalue weighted by Crippen LogP contribution is 2.38. The van der Waals surface area contributed by atoms with E-state index in [4.69, 9.17) is 0 Å². The van der Waals surface area contributed by atoms with Gasteiger partial charge in [0.1, 0.15) is 11.6 Å². The lowest BCUT2D eigenvalue weighted by molar-refractivity contribution is 0.614. The number of hydrogen-bond donors (Lipinski definition) is 0. The van der Waals surface area contributed by atoms with Crippen LogP contribution in [0.1, 0.15) is 37.3 Å². The molecule has 0 N–H and O–H groups in total. The van der Waals surface area contributed by atoms with E-state index in [9.17, 15) is 0 Å². The Balaban J connectivity index is 2.34. The van der Waals surface area contributed by atoms with Gasteiger partial charge in [0.2, 0.25) is 0 Å². The van der Waals surface area contributed by atoms with Gasteiger partial charge in [-0.15, -0.1) is 0 Å². The van der Waals surface area contributed by atoms with Crippen LogP contribution in [0.15, 0.2) is 0 Å². The average molecular weight is 151 g/mol. The summed E-state index contributed by atoms with van der Waals surface area (Å²) in [5.41, 5.74) is 0. The van der Waals surface area contributed by atoms with E-state index in [0.717, 1.165) is 18.3 Å². The van der Waals surface area contributed by atoms with Gasteiger partial charge in [0, 0.05) is 12.5 Å². The van der Waals surface area contributed by atoms with Crippen molar-refractivity contribution < 1.29 is 0 Å². The third-order valence-electron chi connectivity index (χ3n) is 2.05. The zero-order chi connectivity index (χ0) is 7.84. The minimum Gasteiger partial charge on any atom is -0.250 e. The van der Waals surface area contributed by atoms with Crippen LogP contribution in [-0.2, 0) is 6.54 Å². The molecule has 1 fully saturated rings. The van der Waals surface area contributed by atoms with E-state index in [0.29, 0.717) is 0 Å². The molecular formula is C8H13N3. The molecule has 60 valence electrons. The third-order valence-corrected chi connectivity index (χ3v) is 2.05. The molecule has 0 unspecified atom stereocenters. The highest BCUT2D eigenvalue weighted by molar-refractivity contribution is 5.06. The Morgan fingerprint density at radius 3 is 2.82 bits per heavy atom. The molecule has 0 atom stereocenters. The Bertz CT molecular complexity index is 260. The van der Waals surface area contributed by atoms with E-state index in [2.05, 4.69) is 17.0 Å². The first-order valence-corrected chi connectivity index (χ1v) is 4.22. The van der Waals surface area contributed by atoms with Gasteiger partial charge in [-0.25, -0.2) is 9.67 Å². The summed E-state index contributed by atoms with van der Waals surface area (Å²) in [6, 6.07) is 0. The summed E-state index contributed by atoms with van der Waals surface area (Å²) in [5, 5.41) is 4.30. The molecule has 0 aliphatic heterocycles. The van der Waals surface area contributed by atoms with Gasteiger partial charge in [-0.1, -0.05) is 0 Å². The van der Waals surface area contributed by atoms with Gasteiger partial charge in [0.15, 0.2) is 0 Å². The van der Waals surface area contributed by atoms with Crippen LogP contribution in [-0.4, -0.2) is 14.8 Å². The minimum absolute atomic E-state index is 0.719. The van der Waals surface area contributed by atoms with E-state index < -0.39 is 0 Å². The van der Waals surface area contributed by atoms with Crippen LogP contribution in [0.3, 0.4) is 0 Å². The summed E-state index contributed by atoms with van der Waals surface area (Å²) >= 11 is 0. The van der Waals surface area contributed by atoms with E-state index in [1.165, 1.54) is 18.7 Å². The summed E-state index contributed by atoms with van der Waals surface area (Å²) in [7, 11) is 0. The lowest BCUT2D eigenvalue weighted by Gasteiger charge is -1.98. The van der Waals surface area contributed by atoms with Crippen LogP contribution in [0, 0.1) is 6.92 Å². The number of hydrogen-bond acceptors (Lipinski definition) is 2. The molecule has 0 aromatic carbocycles. The molecule has 0 amide bonds. The molecule has 3 nitrogen and oxygen atoms in total. The summed E-state index contributed by atoms with van der Waals surface area (Å²) in [6.07, 6.45) is 2.61. The van der Waals surface area contributed by atoms with Crippen molar-refractivity contribution >= 4 is 0 Å². The van der Waals surface area contributed by atoms with Gasteiger partial charge in [-0.3, -0.25) is 0 Å². The van der Waals surface area contributed by atoms with Gasteiger partial charge in [-0.2, -0.15) is 5.10 Å². The number of rotatable bonds is 2. The second-order valence-corrected chi connectivity index (χ2v) is 3.11. The molecular weight excluding hydrogens is 138 g/mol. The fourth-order valence-electron chi connectivity index (χ4n) is 1.35. The Kier molecular flexibility index (Phi) is 1.44. The summed E-state index contributed by atoms with van der Waals surface area (Å²) in [5.74, 6) is 2.83. The molecule has 3 heteroatoms. The third kappa shape index (κ3) is 1.15. The summed E-state index contributed by atoms with van der Waals surface area (Å²) in [4.78, 5) is 4.40. The summed E-state index contributed by atoms with van der Waals surface area (Å²) < 4.78 is 2.02. The number of aryl methyl sites for hydroxylation is 2. The average Bonchev–Trinajstić information content (AvgIpc) is 2.75. The van der Waals surface area contributed by atoms with Crippen molar-refractivity contribution in [2.24, 2.45) is 0 Å². The van der Waals surface area contributed by atoms with Crippen LogP contribution < -0.4 is 0 Å². The first-order chi connectivity index (χ1) is 5.31. The predicted octanol–water partition coefficient (Wildman–Crippen LogP) is 1.48. The van der Waals surface area contributed by atoms with E-state index in [1.807, 2.05) is 11.6 Å². The largest absolute Gasteiger partial charge is 0.250 e. The predicted molar refractivity (Wildman–Crippen MR) is 42.4 cm³/mol. The maximum absolute atomic E-state index is 4.40. The van der Waals surface area contributed by atoms with Crippen molar-refractivity contribution in [3.05, 3.63) is 11.6 Å². The number of aromatic nitrogens is 3. The van der Waals surface area contributed by atoms with Gasteiger partial charge in [0.25, 0.3) is 0 Å². The Hall–Kier alpha value is -0.860. The van der Waals surface area contributed by atoms with Crippen molar-refractivity contribution in [2.45, 2.75) is 39.2 Å². The van der Waals surface area contributed by atoms with E-state index >= 15 is 0 Å². The van der Waals surface area contributed by atoms with Crippen molar-refractivity contribution in [1.29, 1.82) is 0 Å². The molecule has 1 saturated carbocycles. The van der Waals surface area contributed by atoms with Gasteiger partial charge >= 0.3 is 0 Å². The van der Waals surface area contributed by atoms with Crippen LogP contribution in [0.25, 0.3) is 0 Å². The molecule has 2 rings (SSSR count). The lowest BCUT2D eigenvalue weighted by Crippen LogP contribution is -2.01. The first-order valence-electron chi connectivity index (χ1n) is 4.22. The van der Waals surface area contributed by atoms with Crippen LogP contribution in [0.2, 0.25) is 0 Å². The van der Waals surface area contributed by atoms with Crippen LogP contribution >= 0.6 is 0 Å². The highest BCUT2D eigenvalue weighted by Gasteiger charge is 2.28. The zero-order valence-corrected chi connectivity index (χ0v) is 7.04. The smallest absolute Gasteiger partial charge is 0.147 e. The molecule has 11 heavy (non-hydrogen) atoms. The minimum atomic E-state index is 0.719. The molecule has 0 saturated heterocycles. The second-order valence-electron chi connectivity index (χ2n) is 3.11. The monoisotopic (exact) mass is 151 g/mol. The molecule has 1 aliphatic carbocycles. The molecule has 1 aliphatic rings. The van der Waals surface area contributed by atoms with E-state index in [-0.39, 0.29) is 0 Å². The van der Waals surface area contributed by atoms with Crippen molar-refractivity contribution in [2.75, 3.05) is 0 Å². The molecule has 1 aromatic heterocycles. The van der Waals surface area contributed by atoms with Crippen molar-refractivity contribution in [1.82, 2.24) is 14.8 Å². The Labute approximate surface area is 66.4 Å². The maximum atomic E-state index is 4.40. The fraction of sp³-hybridized carbons (Fsp3) is 0.750. The lowest BCUT2D eigenvalue weighted by atomic mass is 10.4. The normalized spacial score (nSPS) is 17.3. The van der Waals surface area contributed by atoms with Gasteiger partial charge < -0.3 is 0 Å². The molecule has 0 bridgehead atoms. The summed E-state index contributed by atoms with van der Waals surface area (Å²) in [6.45, 7) is 5.02. The SMILES string of the molecule is CCn1nc(C)nc1C1CC1. The zero-order valence-electron chi connectivity index (χ0n) is 7.04. The highest BCUT2D eigenvalue weighted by atomic mass is 15.3. The van der Waals surface area contributed by atoms with Crippen LogP contribution in [0.4, 0.5) is 0 Å². The van der Waals surface area contributed by atoms with Crippen LogP contribution in [0.5, 0.6) is 0 Å². The standard InChI is InChI=1S/C8H13N3/c1-3-11-8(7-4-5-7)9-6(2)10-11/h7H,3-5H2,1-2H3. The van der Waals surface area contributed by atoms with Gasteiger partial charge in [-0.05, 0) is 26.7 Å². The number of nitrogens with zero attached hydrogens (tertiary/aromatic N) is 3. The maximum Gasteiger partial charge on any atom is 0.147 e. The van der Waals surface area contributed by atoms with E-state index in [1.54, 1.807) is 0 Å². The molecule has 1 heterocycles. The molecule has 0 spiro atoms. The van der Waals surface area contributed by atoms with Crippen molar-refractivity contribution in [3.63, 3.8) is 0 Å². The molecule has 1 aromatic rings. The fourth-order valence-corrected chi connectivity index (χ4v) is 1.35. The first kappa shape index (κ1) is 6.83. The second kappa shape index (κ2) is 2.32. The quantitative estimate of drug-likeness (QED) is 0.641. The molecule has 0 radical (unpaired) electrons. The Morgan fingerprint density at radius 1 is 1.55 bits per heavy atom. The Morgan fingerprint density at radius 2 is 2.27 bits per heavy atom.